The molecule has 0 fully saturated rings. The fraction of sp³-hybridized carbons (Fsp3) is 0.125. The van der Waals surface area contributed by atoms with Crippen molar-refractivity contribution in [2.75, 3.05) is 11.9 Å². The highest BCUT2D eigenvalue weighted by molar-refractivity contribution is 9.10. The van der Waals surface area contributed by atoms with Gasteiger partial charge < -0.3 is 10.1 Å². The van der Waals surface area contributed by atoms with Crippen LogP contribution in [0.2, 0.25) is 0 Å². The van der Waals surface area contributed by atoms with E-state index in [2.05, 4.69) is 26.3 Å². The molecule has 4 rings (SSSR count). The van der Waals surface area contributed by atoms with Crippen molar-refractivity contribution in [1.29, 1.82) is 0 Å². The Morgan fingerprint density at radius 1 is 1.06 bits per heavy atom. The minimum absolute atomic E-state index is 0.163. The number of aromatic nitrogens is 2. The molecule has 1 heterocycles. The number of aryl methyl sites for hydroxylation is 1. The van der Waals surface area contributed by atoms with E-state index in [1.165, 1.54) is 4.68 Å². The molecule has 0 bridgehead atoms. The molecule has 0 aliphatic carbocycles. The fourth-order valence-electron chi connectivity index (χ4n) is 3.29. The fourth-order valence-corrected chi connectivity index (χ4v) is 3.88. The van der Waals surface area contributed by atoms with Crippen molar-refractivity contribution in [3.63, 3.8) is 0 Å². The van der Waals surface area contributed by atoms with Crippen LogP contribution in [0.4, 0.5) is 5.69 Å². The first kappa shape index (κ1) is 20.8. The predicted octanol–water partition coefficient (Wildman–Crippen LogP) is 5.11. The van der Waals surface area contributed by atoms with E-state index in [-0.39, 0.29) is 11.3 Å². The van der Waals surface area contributed by atoms with Crippen molar-refractivity contribution in [2.24, 2.45) is 0 Å². The maximum Gasteiger partial charge on any atom is 0.279 e. The monoisotopic (exact) mass is 477 g/mol. The van der Waals surface area contributed by atoms with Crippen LogP contribution < -0.4 is 15.6 Å². The van der Waals surface area contributed by atoms with Gasteiger partial charge in [-0.05, 0) is 77.8 Å². The first-order valence-electron chi connectivity index (χ1n) is 9.80. The standard InChI is InChI=1S/C24H20BrN3O3/c1-3-31-17-11-9-16(10-12-17)28-24(30)19-7-5-4-6-18(19)22(27-28)23(29)26-21-13-8-15(2)14-20(21)25/h4-14H,3H2,1-2H3,(H,26,29). The molecule has 1 amide bonds. The van der Waals surface area contributed by atoms with Crippen molar-refractivity contribution in [3.05, 3.63) is 92.8 Å². The Morgan fingerprint density at radius 3 is 2.45 bits per heavy atom. The highest BCUT2D eigenvalue weighted by Gasteiger charge is 2.18. The lowest BCUT2D eigenvalue weighted by atomic mass is 10.1. The van der Waals surface area contributed by atoms with Gasteiger partial charge in [0.05, 0.1) is 23.4 Å². The van der Waals surface area contributed by atoms with Crippen molar-refractivity contribution < 1.29 is 9.53 Å². The molecule has 1 N–H and O–H groups in total. The largest absolute Gasteiger partial charge is 0.494 e. The Balaban J connectivity index is 1.82. The van der Waals surface area contributed by atoms with Gasteiger partial charge in [-0.25, -0.2) is 0 Å². The summed E-state index contributed by atoms with van der Waals surface area (Å²) in [7, 11) is 0. The van der Waals surface area contributed by atoms with E-state index in [1.807, 2.05) is 32.0 Å². The van der Waals surface area contributed by atoms with Crippen LogP contribution in [0.1, 0.15) is 23.0 Å². The van der Waals surface area contributed by atoms with Crippen molar-refractivity contribution in [3.8, 4) is 11.4 Å². The summed E-state index contributed by atoms with van der Waals surface area (Å²) in [4.78, 5) is 26.3. The van der Waals surface area contributed by atoms with Crippen LogP contribution in [0.25, 0.3) is 16.5 Å². The van der Waals surface area contributed by atoms with E-state index in [1.54, 1.807) is 48.5 Å². The van der Waals surface area contributed by atoms with Crippen LogP contribution in [0.3, 0.4) is 0 Å². The summed E-state index contributed by atoms with van der Waals surface area (Å²) in [5.41, 5.74) is 2.10. The number of benzene rings is 3. The molecular weight excluding hydrogens is 458 g/mol. The number of ether oxygens (including phenoxy) is 1. The quantitative estimate of drug-likeness (QED) is 0.433. The molecule has 31 heavy (non-hydrogen) atoms. The summed E-state index contributed by atoms with van der Waals surface area (Å²) in [6.07, 6.45) is 0. The maximum atomic E-state index is 13.2. The van der Waals surface area contributed by atoms with Gasteiger partial charge in [-0.2, -0.15) is 9.78 Å². The lowest BCUT2D eigenvalue weighted by Gasteiger charge is -2.13. The minimum Gasteiger partial charge on any atom is -0.494 e. The number of hydrogen-bond acceptors (Lipinski definition) is 4. The number of carbonyl (C=O) groups is 1. The Morgan fingerprint density at radius 2 is 1.77 bits per heavy atom. The Hall–Kier alpha value is -3.45. The van der Waals surface area contributed by atoms with E-state index in [0.717, 1.165) is 10.0 Å². The van der Waals surface area contributed by atoms with Gasteiger partial charge in [-0.15, -0.1) is 0 Å². The third-order valence-electron chi connectivity index (χ3n) is 4.79. The Bertz CT molecular complexity index is 1330. The van der Waals surface area contributed by atoms with Gasteiger partial charge in [0.25, 0.3) is 11.5 Å². The molecule has 0 unspecified atom stereocenters. The van der Waals surface area contributed by atoms with Gasteiger partial charge in [0.1, 0.15) is 5.75 Å². The van der Waals surface area contributed by atoms with E-state index >= 15 is 0 Å². The molecule has 0 saturated carbocycles. The van der Waals surface area contributed by atoms with E-state index < -0.39 is 5.91 Å². The van der Waals surface area contributed by atoms with Gasteiger partial charge in [0.15, 0.2) is 5.69 Å². The van der Waals surface area contributed by atoms with Crippen LogP contribution in [0.15, 0.2) is 76.0 Å². The number of rotatable bonds is 5. The number of halogens is 1. The van der Waals surface area contributed by atoms with E-state index in [9.17, 15) is 9.59 Å². The van der Waals surface area contributed by atoms with Crippen LogP contribution >= 0.6 is 15.9 Å². The second-order valence-corrected chi connectivity index (χ2v) is 7.83. The van der Waals surface area contributed by atoms with Gasteiger partial charge in [-0.3, -0.25) is 9.59 Å². The molecule has 7 heteroatoms. The molecule has 4 aromatic rings. The van der Waals surface area contributed by atoms with Crippen molar-refractivity contribution in [1.82, 2.24) is 9.78 Å². The van der Waals surface area contributed by atoms with Crippen molar-refractivity contribution in [2.45, 2.75) is 13.8 Å². The van der Waals surface area contributed by atoms with E-state index in [0.29, 0.717) is 34.5 Å². The third-order valence-corrected chi connectivity index (χ3v) is 5.44. The number of nitrogens with zero attached hydrogens (tertiary/aromatic N) is 2. The molecule has 0 spiro atoms. The molecule has 0 aliphatic heterocycles. The Labute approximate surface area is 187 Å². The van der Waals surface area contributed by atoms with Crippen LogP contribution in [-0.4, -0.2) is 22.3 Å². The number of fused-ring (bicyclic) bond motifs is 1. The molecule has 0 saturated heterocycles. The average Bonchev–Trinajstić information content (AvgIpc) is 2.77. The first-order chi connectivity index (χ1) is 15.0. The highest BCUT2D eigenvalue weighted by atomic mass is 79.9. The van der Waals surface area contributed by atoms with Gasteiger partial charge in [0, 0.05) is 9.86 Å². The molecule has 1 aromatic heterocycles. The maximum absolute atomic E-state index is 13.2. The molecule has 156 valence electrons. The average molecular weight is 478 g/mol. The number of carbonyl (C=O) groups excluding carboxylic acids is 1. The zero-order valence-electron chi connectivity index (χ0n) is 17.1. The summed E-state index contributed by atoms with van der Waals surface area (Å²) in [5, 5.41) is 8.22. The topological polar surface area (TPSA) is 73.2 Å². The van der Waals surface area contributed by atoms with Crippen LogP contribution in [-0.2, 0) is 0 Å². The number of nitrogens with one attached hydrogen (secondary N) is 1. The predicted molar refractivity (Wildman–Crippen MR) is 125 cm³/mol. The second kappa shape index (κ2) is 8.73. The number of anilines is 1. The van der Waals surface area contributed by atoms with E-state index in [4.69, 9.17) is 4.74 Å². The van der Waals surface area contributed by atoms with Gasteiger partial charge in [0.2, 0.25) is 0 Å². The lowest BCUT2D eigenvalue weighted by molar-refractivity contribution is 0.102. The normalized spacial score (nSPS) is 10.8. The number of hydrogen-bond donors (Lipinski definition) is 1. The highest BCUT2D eigenvalue weighted by Crippen LogP contribution is 2.25. The summed E-state index contributed by atoms with van der Waals surface area (Å²) < 4.78 is 7.48. The lowest BCUT2D eigenvalue weighted by Crippen LogP contribution is -2.26. The molecule has 0 atom stereocenters. The summed E-state index contributed by atoms with van der Waals surface area (Å²) in [6, 6.07) is 19.6. The Kier molecular flexibility index (Phi) is 5.86. The van der Waals surface area contributed by atoms with Crippen LogP contribution in [0.5, 0.6) is 5.75 Å². The molecule has 6 nitrogen and oxygen atoms in total. The molecule has 0 aliphatic rings. The molecule has 3 aromatic carbocycles. The van der Waals surface area contributed by atoms with Gasteiger partial charge >= 0.3 is 0 Å². The smallest absolute Gasteiger partial charge is 0.279 e. The first-order valence-corrected chi connectivity index (χ1v) is 10.6. The third kappa shape index (κ3) is 4.22. The van der Waals surface area contributed by atoms with Crippen molar-refractivity contribution >= 4 is 38.3 Å². The zero-order valence-corrected chi connectivity index (χ0v) is 18.6. The number of amides is 1. The zero-order chi connectivity index (χ0) is 22.0. The minimum atomic E-state index is -0.402. The summed E-state index contributed by atoms with van der Waals surface area (Å²) >= 11 is 3.48. The van der Waals surface area contributed by atoms with Gasteiger partial charge in [-0.1, -0.05) is 24.3 Å². The molecule has 0 radical (unpaired) electrons. The summed E-state index contributed by atoms with van der Waals surface area (Å²) in [5.74, 6) is 0.294. The SMILES string of the molecule is CCOc1ccc(-n2nc(C(=O)Nc3ccc(C)cc3Br)c3ccccc3c2=O)cc1. The molecular formula is C24H20BrN3O3. The summed E-state index contributed by atoms with van der Waals surface area (Å²) in [6.45, 7) is 4.42. The van der Waals surface area contributed by atoms with Crippen LogP contribution in [0, 0.1) is 6.92 Å². The second-order valence-electron chi connectivity index (χ2n) is 6.98.